The minimum absolute atomic E-state index is 0.0666. The van der Waals surface area contributed by atoms with Crippen molar-refractivity contribution in [3.63, 3.8) is 0 Å². The Labute approximate surface area is 136 Å². The molecule has 2 N–H and O–H groups in total. The quantitative estimate of drug-likeness (QED) is 0.825. The molecule has 0 aromatic heterocycles. The minimum Gasteiger partial charge on any atom is -0.493 e. The van der Waals surface area contributed by atoms with Crippen LogP contribution in [0.5, 0.6) is 11.5 Å². The fourth-order valence-electron chi connectivity index (χ4n) is 2.19. The van der Waals surface area contributed by atoms with Gasteiger partial charge in [-0.3, -0.25) is 4.79 Å². The van der Waals surface area contributed by atoms with Gasteiger partial charge in [-0.25, -0.2) is 0 Å². The molecular weight excluding hydrogens is 292 g/mol. The first-order valence-corrected chi connectivity index (χ1v) is 7.41. The van der Waals surface area contributed by atoms with Crippen LogP contribution in [0, 0.1) is 6.92 Å². The first kappa shape index (κ1) is 16.7. The summed E-state index contributed by atoms with van der Waals surface area (Å²) in [6.45, 7) is 2.75. The topological polar surface area (TPSA) is 59.6 Å². The van der Waals surface area contributed by atoms with Crippen LogP contribution in [-0.2, 0) is 11.3 Å². The number of methoxy groups -OCH3 is 2. The second kappa shape index (κ2) is 8.08. The van der Waals surface area contributed by atoms with Gasteiger partial charge in [-0.2, -0.15) is 0 Å². The maximum atomic E-state index is 11.9. The van der Waals surface area contributed by atoms with Crippen molar-refractivity contribution in [1.82, 2.24) is 5.32 Å². The molecule has 2 rings (SSSR count). The summed E-state index contributed by atoms with van der Waals surface area (Å²) in [6, 6.07) is 13.4. The van der Waals surface area contributed by atoms with E-state index in [4.69, 9.17) is 9.47 Å². The van der Waals surface area contributed by atoms with Crippen molar-refractivity contribution in [3.05, 3.63) is 53.6 Å². The van der Waals surface area contributed by atoms with Crippen LogP contribution in [0.3, 0.4) is 0 Å². The summed E-state index contributed by atoms with van der Waals surface area (Å²) in [4.78, 5) is 11.9. The van der Waals surface area contributed by atoms with E-state index in [0.717, 1.165) is 11.3 Å². The van der Waals surface area contributed by atoms with Crippen molar-refractivity contribution in [1.29, 1.82) is 0 Å². The molecule has 0 saturated heterocycles. The molecule has 0 unspecified atom stereocenters. The molecule has 5 nitrogen and oxygen atoms in total. The van der Waals surface area contributed by atoms with Gasteiger partial charge in [0, 0.05) is 18.3 Å². The maximum Gasteiger partial charge on any atom is 0.239 e. The average molecular weight is 314 g/mol. The van der Waals surface area contributed by atoms with Crippen molar-refractivity contribution < 1.29 is 14.3 Å². The Hall–Kier alpha value is -2.69. The Morgan fingerprint density at radius 1 is 1.04 bits per heavy atom. The van der Waals surface area contributed by atoms with Gasteiger partial charge in [0.2, 0.25) is 5.91 Å². The van der Waals surface area contributed by atoms with Gasteiger partial charge in [0.1, 0.15) is 0 Å². The molecule has 0 aliphatic carbocycles. The van der Waals surface area contributed by atoms with E-state index in [-0.39, 0.29) is 12.5 Å². The van der Waals surface area contributed by atoms with Crippen molar-refractivity contribution in [2.45, 2.75) is 13.5 Å². The molecule has 0 heterocycles. The molecule has 0 aliphatic heterocycles. The van der Waals surface area contributed by atoms with Crippen LogP contribution >= 0.6 is 0 Å². The normalized spacial score (nSPS) is 10.0. The Morgan fingerprint density at radius 2 is 1.78 bits per heavy atom. The van der Waals surface area contributed by atoms with Crippen LogP contribution in [0.25, 0.3) is 0 Å². The fraction of sp³-hybridized carbons (Fsp3) is 0.278. The lowest BCUT2D eigenvalue weighted by Gasteiger charge is -2.12. The number of benzene rings is 2. The lowest BCUT2D eigenvalue weighted by atomic mass is 10.1. The van der Waals surface area contributed by atoms with E-state index < -0.39 is 0 Å². The number of aryl methyl sites for hydroxylation is 1. The molecule has 0 fully saturated rings. The summed E-state index contributed by atoms with van der Waals surface area (Å²) < 4.78 is 10.4. The highest BCUT2D eigenvalue weighted by atomic mass is 16.5. The molecule has 122 valence electrons. The molecule has 0 bridgehead atoms. The number of ether oxygens (including phenoxy) is 2. The maximum absolute atomic E-state index is 11.9. The minimum atomic E-state index is -0.0666. The molecule has 2 aromatic rings. The molecular formula is C18H22N2O3. The lowest BCUT2D eigenvalue weighted by Crippen LogP contribution is -2.29. The average Bonchev–Trinajstić information content (AvgIpc) is 2.58. The predicted molar refractivity (Wildman–Crippen MR) is 91.1 cm³/mol. The predicted octanol–water partition coefficient (Wildman–Crippen LogP) is 2.74. The van der Waals surface area contributed by atoms with Gasteiger partial charge in [0.05, 0.1) is 20.8 Å². The zero-order valence-electron chi connectivity index (χ0n) is 13.7. The highest BCUT2D eigenvalue weighted by Gasteiger charge is 2.06. The SMILES string of the molecule is COc1ccc(NCC(=O)NCc2ccccc2C)cc1OC. The monoisotopic (exact) mass is 314 g/mol. The molecule has 1 amide bonds. The van der Waals surface area contributed by atoms with Gasteiger partial charge in [-0.05, 0) is 30.2 Å². The standard InChI is InChI=1S/C18H22N2O3/c1-13-6-4-5-7-14(13)11-20-18(21)12-19-15-8-9-16(22-2)17(10-15)23-3/h4-10,19H,11-12H2,1-3H3,(H,20,21). The van der Waals surface area contributed by atoms with E-state index in [1.807, 2.05) is 37.3 Å². The van der Waals surface area contributed by atoms with Gasteiger partial charge in [-0.1, -0.05) is 24.3 Å². The highest BCUT2D eigenvalue weighted by Crippen LogP contribution is 2.29. The van der Waals surface area contributed by atoms with Crippen molar-refractivity contribution in [3.8, 4) is 11.5 Å². The van der Waals surface area contributed by atoms with Crippen molar-refractivity contribution in [2.75, 3.05) is 26.1 Å². The Kier molecular flexibility index (Phi) is 5.86. The molecule has 0 spiro atoms. The summed E-state index contributed by atoms with van der Waals surface area (Å²) in [7, 11) is 3.17. The first-order valence-electron chi connectivity index (χ1n) is 7.41. The third-order valence-corrected chi connectivity index (χ3v) is 3.57. The number of hydrogen-bond donors (Lipinski definition) is 2. The van der Waals surface area contributed by atoms with Crippen LogP contribution in [0.2, 0.25) is 0 Å². The first-order chi connectivity index (χ1) is 11.1. The second-order valence-electron chi connectivity index (χ2n) is 5.13. The van der Waals surface area contributed by atoms with Gasteiger partial charge in [0.25, 0.3) is 0 Å². The fourth-order valence-corrected chi connectivity index (χ4v) is 2.19. The van der Waals surface area contributed by atoms with E-state index >= 15 is 0 Å². The third-order valence-electron chi connectivity index (χ3n) is 3.57. The number of rotatable bonds is 7. The molecule has 0 atom stereocenters. The number of anilines is 1. The zero-order chi connectivity index (χ0) is 16.7. The lowest BCUT2D eigenvalue weighted by molar-refractivity contribution is -0.119. The van der Waals surface area contributed by atoms with Crippen LogP contribution in [0.4, 0.5) is 5.69 Å². The zero-order valence-corrected chi connectivity index (χ0v) is 13.7. The number of nitrogens with one attached hydrogen (secondary N) is 2. The molecule has 5 heteroatoms. The molecule has 0 saturated carbocycles. The van der Waals surface area contributed by atoms with Crippen LogP contribution in [-0.4, -0.2) is 26.7 Å². The summed E-state index contributed by atoms with van der Waals surface area (Å²) in [5.41, 5.74) is 3.08. The number of hydrogen-bond acceptors (Lipinski definition) is 4. The number of amides is 1. The van der Waals surface area contributed by atoms with Gasteiger partial charge >= 0.3 is 0 Å². The summed E-state index contributed by atoms with van der Waals surface area (Å²) in [5, 5.41) is 5.98. The number of carbonyl (C=O) groups is 1. The Balaban J connectivity index is 1.86. The Morgan fingerprint density at radius 3 is 2.48 bits per heavy atom. The molecule has 0 aliphatic rings. The van der Waals surface area contributed by atoms with Crippen LogP contribution in [0.15, 0.2) is 42.5 Å². The van der Waals surface area contributed by atoms with E-state index in [2.05, 4.69) is 10.6 Å². The van der Waals surface area contributed by atoms with E-state index in [1.165, 1.54) is 5.56 Å². The largest absolute Gasteiger partial charge is 0.493 e. The highest BCUT2D eigenvalue weighted by molar-refractivity contribution is 5.80. The smallest absolute Gasteiger partial charge is 0.239 e. The number of carbonyl (C=O) groups excluding carboxylic acids is 1. The second-order valence-corrected chi connectivity index (χ2v) is 5.13. The van der Waals surface area contributed by atoms with Gasteiger partial charge in [-0.15, -0.1) is 0 Å². The van der Waals surface area contributed by atoms with E-state index in [0.29, 0.717) is 18.0 Å². The van der Waals surface area contributed by atoms with Crippen LogP contribution in [0.1, 0.15) is 11.1 Å². The van der Waals surface area contributed by atoms with Gasteiger partial charge < -0.3 is 20.1 Å². The molecule has 2 aromatic carbocycles. The summed E-state index contributed by atoms with van der Waals surface area (Å²) in [6.07, 6.45) is 0. The summed E-state index contributed by atoms with van der Waals surface area (Å²) >= 11 is 0. The van der Waals surface area contributed by atoms with Crippen LogP contribution < -0.4 is 20.1 Å². The molecule has 23 heavy (non-hydrogen) atoms. The van der Waals surface area contributed by atoms with Crippen molar-refractivity contribution in [2.24, 2.45) is 0 Å². The third kappa shape index (κ3) is 4.64. The van der Waals surface area contributed by atoms with E-state index in [1.54, 1.807) is 26.4 Å². The van der Waals surface area contributed by atoms with E-state index in [9.17, 15) is 4.79 Å². The molecule has 0 radical (unpaired) electrons. The van der Waals surface area contributed by atoms with Crippen molar-refractivity contribution >= 4 is 11.6 Å². The summed E-state index contributed by atoms with van der Waals surface area (Å²) in [5.74, 6) is 1.21. The Bertz CT molecular complexity index is 671. The van der Waals surface area contributed by atoms with Gasteiger partial charge in [0.15, 0.2) is 11.5 Å².